The van der Waals surface area contributed by atoms with E-state index in [0.29, 0.717) is 19.8 Å². The average molecular weight is 294 g/mol. The van der Waals surface area contributed by atoms with Gasteiger partial charge >= 0.3 is 6.03 Å². The van der Waals surface area contributed by atoms with Crippen LogP contribution in [0.15, 0.2) is 24.3 Å². The zero-order valence-electron chi connectivity index (χ0n) is 12.1. The molecule has 1 unspecified atom stereocenters. The van der Waals surface area contributed by atoms with Gasteiger partial charge in [0.05, 0.1) is 19.3 Å². The highest BCUT2D eigenvalue weighted by Crippen LogP contribution is 2.17. The molecule has 0 aromatic heterocycles. The van der Waals surface area contributed by atoms with E-state index in [2.05, 4.69) is 24.6 Å². The quantitative estimate of drug-likeness (QED) is 0.927. The third kappa shape index (κ3) is 3.90. The second kappa shape index (κ2) is 7.55. The van der Waals surface area contributed by atoms with Gasteiger partial charge in [0.1, 0.15) is 0 Å². The van der Waals surface area contributed by atoms with E-state index >= 15 is 0 Å². The molecule has 2 amide bonds. The molecule has 1 atom stereocenters. The molecule has 1 aromatic rings. The minimum Gasteiger partial charge on any atom is -0.377 e. The Morgan fingerprint density at radius 1 is 1.55 bits per heavy atom. The number of carbonyl (C=O) groups excluding carboxylic acids is 1. The fourth-order valence-corrected chi connectivity index (χ4v) is 2.87. The Bertz CT molecular complexity index is 453. The molecule has 0 radical (unpaired) electrons. The van der Waals surface area contributed by atoms with Gasteiger partial charge in [0.25, 0.3) is 0 Å². The zero-order valence-corrected chi connectivity index (χ0v) is 12.9. The van der Waals surface area contributed by atoms with E-state index in [1.807, 2.05) is 23.1 Å². The molecule has 0 bridgehead atoms. The van der Waals surface area contributed by atoms with Crippen molar-refractivity contribution in [3.63, 3.8) is 0 Å². The highest BCUT2D eigenvalue weighted by Gasteiger charge is 2.25. The van der Waals surface area contributed by atoms with Gasteiger partial charge in [-0.3, -0.25) is 0 Å². The van der Waals surface area contributed by atoms with Crippen molar-refractivity contribution in [3.05, 3.63) is 29.8 Å². The Morgan fingerprint density at radius 3 is 3.15 bits per heavy atom. The third-order valence-electron chi connectivity index (χ3n) is 3.45. The lowest BCUT2D eigenvalue weighted by Crippen LogP contribution is -2.50. The van der Waals surface area contributed by atoms with Gasteiger partial charge in [-0.25, -0.2) is 4.79 Å². The number of benzene rings is 1. The minimum absolute atomic E-state index is 0.0264. The van der Waals surface area contributed by atoms with E-state index in [4.69, 9.17) is 4.74 Å². The Hall–Kier alpha value is -1.20. The molecule has 4 nitrogen and oxygen atoms in total. The predicted octanol–water partition coefficient (Wildman–Crippen LogP) is 3.19. The number of anilines is 1. The smallest absolute Gasteiger partial charge is 0.322 e. The fourth-order valence-electron chi connectivity index (χ4n) is 2.36. The van der Waals surface area contributed by atoms with E-state index in [9.17, 15) is 4.79 Å². The number of carbonyl (C=O) groups is 1. The van der Waals surface area contributed by atoms with Gasteiger partial charge in [-0.15, -0.1) is 0 Å². The molecule has 1 aliphatic rings. The van der Waals surface area contributed by atoms with Crippen molar-refractivity contribution >= 4 is 23.5 Å². The molecule has 1 aromatic carbocycles. The zero-order chi connectivity index (χ0) is 14.4. The second-order valence-electron chi connectivity index (χ2n) is 4.89. The first-order valence-corrected chi connectivity index (χ1v) is 8.37. The Labute approximate surface area is 124 Å². The Morgan fingerprint density at radius 2 is 2.40 bits per heavy atom. The lowest BCUT2D eigenvalue weighted by Gasteiger charge is -2.35. The van der Waals surface area contributed by atoms with Gasteiger partial charge in [-0.2, -0.15) is 11.8 Å². The SMILES string of the molecule is CCC1COCCN1C(=O)Nc1cccc(CSC)c1. The van der Waals surface area contributed by atoms with E-state index in [1.165, 1.54) is 5.56 Å². The van der Waals surface area contributed by atoms with Crippen LogP contribution in [0.1, 0.15) is 18.9 Å². The fraction of sp³-hybridized carbons (Fsp3) is 0.533. The first kappa shape index (κ1) is 15.2. The number of urea groups is 1. The molecule has 1 N–H and O–H groups in total. The molecule has 110 valence electrons. The number of ether oxygens (including phenoxy) is 1. The van der Waals surface area contributed by atoms with Crippen LogP contribution in [0.4, 0.5) is 10.5 Å². The maximum atomic E-state index is 12.4. The monoisotopic (exact) mass is 294 g/mol. The van der Waals surface area contributed by atoms with Gasteiger partial charge < -0.3 is 15.0 Å². The summed E-state index contributed by atoms with van der Waals surface area (Å²) in [4.78, 5) is 14.2. The minimum atomic E-state index is -0.0264. The molecule has 2 rings (SSSR count). The van der Waals surface area contributed by atoms with Crippen LogP contribution in [0.2, 0.25) is 0 Å². The van der Waals surface area contributed by atoms with E-state index in [1.54, 1.807) is 11.8 Å². The molecular weight excluding hydrogens is 272 g/mol. The van der Waals surface area contributed by atoms with Crippen LogP contribution >= 0.6 is 11.8 Å². The summed E-state index contributed by atoms with van der Waals surface area (Å²) in [7, 11) is 0. The van der Waals surface area contributed by atoms with E-state index in [-0.39, 0.29) is 12.1 Å². The van der Waals surface area contributed by atoms with Crippen molar-refractivity contribution < 1.29 is 9.53 Å². The largest absolute Gasteiger partial charge is 0.377 e. The maximum absolute atomic E-state index is 12.4. The number of nitrogens with one attached hydrogen (secondary N) is 1. The molecular formula is C15H22N2O2S. The Kier molecular flexibility index (Phi) is 5.73. The summed E-state index contributed by atoms with van der Waals surface area (Å²) in [6, 6.07) is 8.19. The summed E-state index contributed by atoms with van der Waals surface area (Å²) in [6.45, 7) is 4.00. The van der Waals surface area contributed by atoms with Crippen molar-refractivity contribution in [3.8, 4) is 0 Å². The van der Waals surface area contributed by atoms with Crippen LogP contribution in [-0.2, 0) is 10.5 Å². The summed E-state index contributed by atoms with van der Waals surface area (Å²) in [5, 5.41) is 3.00. The first-order chi connectivity index (χ1) is 9.74. The number of hydrogen-bond acceptors (Lipinski definition) is 3. The van der Waals surface area contributed by atoms with Gasteiger partial charge in [0.15, 0.2) is 0 Å². The highest BCUT2D eigenvalue weighted by atomic mass is 32.2. The molecule has 0 aliphatic carbocycles. The van der Waals surface area contributed by atoms with Crippen LogP contribution in [0.25, 0.3) is 0 Å². The summed E-state index contributed by atoms with van der Waals surface area (Å²) < 4.78 is 5.43. The van der Waals surface area contributed by atoms with Crippen molar-refractivity contribution in [1.82, 2.24) is 4.90 Å². The van der Waals surface area contributed by atoms with Crippen molar-refractivity contribution in [1.29, 1.82) is 0 Å². The number of morpholine rings is 1. The summed E-state index contributed by atoms with van der Waals surface area (Å²) >= 11 is 1.77. The van der Waals surface area contributed by atoms with Gasteiger partial charge in [-0.1, -0.05) is 19.1 Å². The van der Waals surface area contributed by atoms with Crippen LogP contribution in [0.3, 0.4) is 0 Å². The van der Waals surface area contributed by atoms with Gasteiger partial charge in [0, 0.05) is 18.0 Å². The molecule has 0 spiro atoms. The average Bonchev–Trinajstić information content (AvgIpc) is 2.48. The summed E-state index contributed by atoms with van der Waals surface area (Å²) in [5.41, 5.74) is 2.09. The van der Waals surface area contributed by atoms with Crippen LogP contribution in [0, 0.1) is 0 Å². The number of nitrogens with zero attached hydrogens (tertiary/aromatic N) is 1. The standard InChI is InChI=1S/C15H22N2O2S/c1-3-14-10-19-8-7-17(14)15(18)16-13-6-4-5-12(9-13)11-20-2/h4-6,9,14H,3,7-8,10-11H2,1-2H3,(H,16,18). The highest BCUT2D eigenvalue weighted by molar-refractivity contribution is 7.97. The topological polar surface area (TPSA) is 41.6 Å². The maximum Gasteiger partial charge on any atom is 0.322 e. The molecule has 1 heterocycles. The van der Waals surface area contributed by atoms with Crippen molar-refractivity contribution in [2.24, 2.45) is 0 Å². The van der Waals surface area contributed by atoms with E-state index in [0.717, 1.165) is 17.9 Å². The normalized spacial score (nSPS) is 18.9. The summed E-state index contributed by atoms with van der Waals surface area (Å²) in [6.07, 6.45) is 2.99. The molecule has 1 aliphatic heterocycles. The summed E-state index contributed by atoms with van der Waals surface area (Å²) in [5.74, 6) is 0.957. The van der Waals surface area contributed by atoms with Crippen LogP contribution in [0.5, 0.6) is 0 Å². The van der Waals surface area contributed by atoms with Gasteiger partial charge in [-0.05, 0) is 30.4 Å². The van der Waals surface area contributed by atoms with Crippen molar-refractivity contribution in [2.75, 3.05) is 31.3 Å². The molecule has 20 heavy (non-hydrogen) atoms. The first-order valence-electron chi connectivity index (χ1n) is 6.97. The predicted molar refractivity (Wildman–Crippen MR) is 84.3 cm³/mol. The Balaban J connectivity index is 2.01. The van der Waals surface area contributed by atoms with Crippen LogP contribution < -0.4 is 5.32 Å². The molecule has 0 saturated carbocycles. The second-order valence-corrected chi connectivity index (χ2v) is 5.76. The number of amides is 2. The lowest BCUT2D eigenvalue weighted by atomic mass is 10.2. The molecule has 1 fully saturated rings. The third-order valence-corrected chi connectivity index (χ3v) is 4.07. The van der Waals surface area contributed by atoms with Crippen molar-refractivity contribution in [2.45, 2.75) is 25.1 Å². The number of hydrogen-bond donors (Lipinski definition) is 1. The lowest BCUT2D eigenvalue weighted by molar-refractivity contribution is 0.0144. The van der Waals surface area contributed by atoms with E-state index < -0.39 is 0 Å². The van der Waals surface area contributed by atoms with Gasteiger partial charge in [0.2, 0.25) is 0 Å². The number of thioether (sulfide) groups is 1. The molecule has 1 saturated heterocycles. The van der Waals surface area contributed by atoms with Crippen LogP contribution in [-0.4, -0.2) is 43.0 Å². The number of rotatable bonds is 4. The molecule has 5 heteroatoms.